The van der Waals surface area contributed by atoms with Crippen LogP contribution in [0, 0.1) is 6.92 Å². The first-order chi connectivity index (χ1) is 12.7. The summed E-state index contributed by atoms with van der Waals surface area (Å²) >= 11 is 2.87. The molecular formula is C16H14BrF3N6O. The largest absolute Gasteiger partial charge is 0.436 e. The number of nitrogens with zero attached hydrogens (tertiary/aromatic N) is 5. The molecule has 0 saturated heterocycles. The fraction of sp³-hybridized carbons (Fsp3) is 0.250. The van der Waals surface area contributed by atoms with Gasteiger partial charge in [-0.25, -0.2) is 9.67 Å². The van der Waals surface area contributed by atoms with Crippen molar-refractivity contribution in [3.63, 3.8) is 0 Å². The Bertz CT molecular complexity index is 951. The van der Waals surface area contributed by atoms with Gasteiger partial charge in [-0.2, -0.15) is 18.3 Å². The molecule has 0 aliphatic heterocycles. The average Bonchev–Trinajstić information content (AvgIpc) is 3.14. The molecule has 27 heavy (non-hydrogen) atoms. The molecule has 11 heteroatoms. The maximum absolute atomic E-state index is 12.9. The van der Waals surface area contributed by atoms with Crippen molar-refractivity contribution in [2.24, 2.45) is 0 Å². The highest BCUT2D eigenvalue weighted by molar-refractivity contribution is 9.10. The van der Waals surface area contributed by atoms with Crippen molar-refractivity contribution in [1.82, 2.24) is 24.5 Å². The van der Waals surface area contributed by atoms with E-state index in [-0.39, 0.29) is 16.1 Å². The Labute approximate surface area is 160 Å². The van der Waals surface area contributed by atoms with Gasteiger partial charge in [-0.3, -0.25) is 14.8 Å². The zero-order chi connectivity index (χ0) is 19.6. The zero-order valence-electron chi connectivity index (χ0n) is 14.0. The summed E-state index contributed by atoms with van der Waals surface area (Å²) in [5.41, 5.74) is 0.134. The number of amides is 1. The third-order valence-corrected chi connectivity index (χ3v) is 4.62. The number of aromatic nitrogens is 5. The average molecular weight is 443 g/mol. The molecule has 1 aromatic carbocycles. The van der Waals surface area contributed by atoms with Crippen LogP contribution >= 0.6 is 15.9 Å². The highest BCUT2D eigenvalue weighted by Gasteiger charge is 2.38. The molecule has 142 valence electrons. The maximum Gasteiger partial charge on any atom is 0.436 e. The Morgan fingerprint density at radius 3 is 2.56 bits per heavy atom. The lowest BCUT2D eigenvalue weighted by atomic mass is 10.2. The summed E-state index contributed by atoms with van der Waals surface area (Å²) in [7, 11) is 0. The molecule has 0 unspecified atom stereocenters. The van der Waals surface area contributed by atoms with Gasteiger partial charge in [0.25, 0.3) is 0 Å². The number of benzene rings is 1. The maximum atomic E-state index is 12.9. The molecule has 0 radical (unpaired) electrons. The SMILES string of the molecule is Cc1c(Br)c(C(F)(F)F)nn1CC(=O)Nc1ncn(Cc2ccccc2)n1. The van der Waals surface area contributed by atoms with Crippen LogP contribution in [0.3, 0.4) is 0 Å². The lowest BCUT2D eigenvalue weighted by Crippen LogP contribution is -2.21. The predicted molar refractivity (Wildman–Crippen MR) is 93.9 cm³/mol. The molecular weight excluding hydrogens is 429 g/mol. The van der Waals surface area contributed by atoms with Crippen LogP contribution in [0.25, 0.3) is 0 Å². The quantitative estimate of drug-likeness (QED) is 0.657. The standard InChI is InChI=1S/C16H14BrF3N6O/c1-10-13(17)14(16(18,19)20)23-26(10)8-12(27)22-15-21-9-25(24-15)7-11-5-3-2-4-6-11/h2-6,9H,7-8H2,1H3,(H,22,24,27). The van der Waals surface area contributed by atoms with Gasteiger partial charge in [0.1, 0.15) is 12.9 Å². The van der Waals surface area contributed by atoms with Gasteiger partial charge in [-0.1, -0.05) is 30.3 Å². The van der Waals surface area contributed by atoms with Gasteiger partial charge in [0.2, 0.25) is 11.9 Å². The third-order valence-electron chi connectivity index (χ3n) is 3.67. The highest BCUT2D eigenvalue weighted by atomic mass is 79.9. The molecule has 0 aliphatic carbocycles. The monoisotopic (exact) mass is 442 g/mol. The zero-order valence-corrected chi connectivity index (χ0v) is 15.6. The Morgan fingerprint density at radius 2 is 1.93 bits per heavy atom. The smallest absolute Gasteiger partial charge is 0.292 e. The van der Waals surface area contributed by atoms with E-state index in [4.69, 9.17) is 0 Å². The van der Waals surface area contributed by atoms with Crippen molar-refractivity contribution >= 4 is 27.8 Å². The molecule has 0 atom stereocenters. The Kier molecular flexibility index (Phi) is 5.31. The van der Waals surface area contributed by atoms with Crippen LogP contribution in [-0.2, 0) is 24.1 Å². The van der Waals surface area contributed by atoms with Gasteiger partial charge in [0.05, 0.1) is 16.7 Å². The van der Waals surface area contributed by atoms with Gasteiger partial charge < -0.3 is 0 Å². The summed E-state index contributed by atoms with van der Waals surface area (Å²) < 4.78 is 41.0. The summed E-state index contributed by atoms with van der Waals surface area (Å²) in [5.74, 6) is -0.518. The van der Waals surface area contributed by atoms with Crippen LogP contribution in [0.4, 0.5) is 19.1 Å². The van der Waals surface area contributed by atoms with Crippen LogP contribution in [0.15, 0.2) is 41.1 Å². The van der Waals surface area contributed by atoms with Gasteiger partial charge in [-0.05, 0) is 28.4 Å². The van der Waals surface area contributed by atoms with E-state index in [0.717, 1.165) is 10.2 Å². The van der Waals surface area contributed by atoms with Crippen molar-refractivity contribution in [3.8, 4) is 0 Å². The van der Waals surface area contributed by atoms with E-state index in [2.05, 4.69) is 36.4 Å². The number of carbonyl (C=O) groups excluding carboxylic acids is 1. The van der Waals surface area contributed by atoms with Crippen molar-refractivity contribution < 1.29 is 18.0 Å². The van der Waals surface area contributed by atoms with E-state index in [1.807, 2.05) is 30.3 Å². The van der Waals surface area contributed by atoms with Crippen molar-refractivity contribution in [2.45, 2.75) is 26.2 Å². The van der Waals surface area contributed by atoms with E-state index in [0.29, 0.717) is 6.54 Å². The normalized spacial score (nSPS) is 11.6. The number of rotatable bonds is 5. The first-order valence-electron chi connectivity index (χ1n) is 7.77. The Morgan fingerprint density at radius 1 is 1.22 bits per heavy atom. The minimum absolute atomic E-state index is 0.0656. The molecule has 0 bridgehead atoms. The van der Waals surface area contributed by atoms with E-state index in [1.165, 1.54) is 13.3 Å². The molecule has 3 aromatic rings. The fourth-order valence-corrected chi connectivity index (χ4v) is 2.87. The molecule has 0 saturated carbocycles. The van der Waals surface area contributed by atoms with Crippen LogP contribution in [0.1, 0.15) is 17.0 Å². The molecule has 2 aromatic heterocycles. The molecule has 1 amide bonds. The minimum atomic E-state index is -4.61. The lowest BCUT2D eigenvalue weighted by molar-refractivity contribution is -0.142. The molecule has 0 fully saturated rings. The summed E-state index contributed by atoms with van der Waals surface area (Å²) in [6.07, 6.45) is -3.15. The number of anilines is 1. The lowest BCUT2D eigenvalue weighted by Gasteiger charge is -2.04. The molecule has 3 rings (SSSR count). The second-order valence-corrected chi connectivity index (χ2v) is 6.50. The predicted octanol–water partition coefficient (Wildman–Crippen LogP) is 3.25. The van der Waals surface area contributed by atoms with Gasteiger partial charge >= 0.3 is 6.18 Å². The topological polar surface area (TPSA) is 77.6 Å². The second kappa shape index (κ2) is 7.51. The van der Waals surface area contributed by atoms with Gasteiger partial charge in [0, 0.05) is 0 Å². The summed E-state index contributed by atoms with van der Waals surface area (Å²) in [5, 5.41) is 10.0. The first-order valence-corrected chi connectivity index (χ1v) is 8.56. The Balaban J connectivity index is 1.65. The van der Waals surface area contributed by atoms with Crippen LogP contribution in [-0.4, -0.2) is 30.5 Å². The van der Waals surface area contributed by atoms with Gasteiger partial charge in [0.15, 0.2) is 5.69 Å². The number of hydrogen-bond donors (Lipinski definition) is 1. The number of hydrogen-bond acceptors (Lipinski definition) is 4. The number of carbonyl (C=O) groups is 1. The van der Waals surface area contributed by atoms with Crippen molar-refractivity contribution in [1.29, 1.82) is 0 Å². The highest BCUT2D eigenvalue weighted by Crippen LogP contribution is 2.35. The fourth-order valence-electron chi connectivity index (χ4n) is 2.36. The van der Waals surface area contributed by atoms with E-state index in [9.17, 15) is 18.0 Å². The van der Waals surface area contributed by atoms with Crippen LogP contribution in [0.5, 0.6) is 0 Å². The first kappa shape index (κ1) is 19.1. The van der Waals surface area contributed by atoms with Crippen molar-refractivity contribution in [2.75, 3.05) is 5.32 Å². The summed E-state index contributed by atoms with van der Waals surface area (Å²) in [6, 6.07) is 9.55. The molecule has 0 spiro atoms. The Hall–Kier alpha value is -2.69. The van der Waals surface area contributed by atoms with Crippen LogP contribution < -0.4 is 5.32 Å². The van der Waals surface area contributed by atoms with Crippen molar-refractivity contribution in [3.05, 3.63) is 58.1 Å². The number of nitrogens with one attached hydrogen (secondary N) is 1. The minimum Gasteiger partial charge on any atom is -0.292 e. The van der Waals surface area contributed by atoms with Crippen LogP contribution in [0.2, 0.25) is 0 Å². The summed E-state index contributed by atoms with van der Waals surface area (Å²) in [6.45, 7) is 1.52. The number of alkyl halides is 3. The molecule has 1 N–H and O–H groups in total. The second-order valence-electron chi connectivity index (χ2n) is 5.70. The van der Waals surface area contributed by atoms with E-state index in [1.54, 1.807) is 4.68 Å². The van der Waals surface area contributed by atoms with E-state index < -0.39 is 24.3 Å². The van der Waals surface area contributed by atoms with E-state index >= 15 is 0 Å². The molecule has 0 aliphatic rings. The third kappa shape index (κ3) is 4.54. The molecule has 7 nitrogen and oxygen atoms in total. The number of halogens is 4. The molecule has 2 heterocycles. The summed E-state index contributed by atoms with van der Waals surface area (Å²) in [4.78, 5) is 16.1. The van der Waals surface area contributed by atoms with Gasteiger partial charge in [-0.15, -0.1) is 5.10 Å².